The highest BCUT2D eigenvalue weighted by Gasteiger charge is 2.21. The van der Waals surface area contributed by atoms with Crippen molar-refractivity contribution >= 4 is 33.2 Å². The molecule has 0 aliphatic carbocycles. The lowest BCUT2D eigenvalue weighted by molar-refractivity contribution is -0.131. The molecule has 0 unspecified atom stereocenters. The van der Waals surface area contributed by atoms with E-state index in [0.717, 1.165) is 31.5 Å². The molecule has 1 aliphatic heterocycles. The van der Waals surface area contributed by atoms with Crippen molar-refractivity contribution in [1.29, 1.82) is 0 Å². The number of anilines is 1. The number of halogens is 1. The van der Waals surface area contributed by atoms with Gasteiger partial charge in [0, 0.05) is 31.1 Å². The van der Waals surface area contributed by atoms with Crippen LogP contribution in [0.25, 0.3) is 0 Å². The predicted molar refractivity (Wildman–Crippen MR) is 103 cm³/mol. The Morgan fingerprint density at radius 2 is 1.84 bits per heavy atom. The highest BCUT2D eigenvalue weighted by molar-refractivity contribution is 7.92. The van der Waals surface area contributed by atoms with Crippen molar-refractivity contribution < 1.29 is 13.2 Å². The van der Waals surface area contributed by atoms with Gasteiger partial charge in [-0.2, -0.15) is 0 Å². The number of carbonyl (C=O) groups is 1. The van der Waals surface area contributed by atoms with E-state index in [0.29, 0.717) is 23.6 Å². The first kappa shape index (κ1) is 20.0. The number of hydrogen-bond donors (Lipinski definition) is 0. The largest absolute Gasteiger partial charge is 0.343 e. The molecule has 1 amide bonds. The van der Waals surface area contributed by atoms with Crippen LogP contribution >= 0.6 is 11.6 Å². The van der Waals surface area contributed by atoms with Gasteiger partial charge in [-0.3, -0.25) is 9.10 Å². The summed E-state index contributed by atoms with van der Waals surface area (Å²) in [6, 6.07) is 5.23. The molecule has 0 atom stereocenters. The Morgan fingerprint density at radius 1 is 1.20 bits per heavy atom. The predicted octanol–water partition coefficient (Wildman–Crippen LogP) is 3.60. The molecule has 1 aromatic carbocycles. The maximum Gasteiger partial charge on any atom is 0.232 e. The minimum absolute atomic E-state index is 0.123. The molecule has 7 heteroatoms. The Balaban J connectivity index is 2.01. The van der Waals surface area contributed by atoms with Crippen LogP contribution in [-0.2, 0) is 14.8 Å². The second-order valence-corrected chi connectivity index (χ2v) is 8.93. The van der Waals surface area contributed by atoms with Crippen molar-refractivity contribution in [3.05, 3.63) is 28.8 Å². The highest BCUT2D eigenvalue weighted by Crippen LogP contribution is 2.28. The Labute approximate surface area is 156 Å². The molecule has 0 radical (unpaired) electrons. The molecule has 1 saturated heterocycles. The number of hydrogen-bond acceptors (Lipinski definition) is 3. The van der Waals surface area contributed by atoms with Crippen molar-refractivity contribution in [3.63, 3.8) is 0 Å². The number of rotatable bonds is 6. The van der Waals surface area contributed by atoms with Crippen LogP contribution in [0.1, 0.15) is 44.1 Å². The molecule has 1 aromatic rings. The first-order valence-electron chi connectivity index (χ1n) is 8.81. The average molecular weight is 387 g/mol. The van der Waals surface area contributed by atoms with Gasteiger partial charge in [-0.1, -0.05) is 30.5 Å². The third-order valence-corrected chi connectivity index (χ3v) is 6.21. The van der Waals surface area contributed by atoms with Gasteiger partial charge in [0.15, 0.2) is 0 Å². The summed E-state index contributed by atoms with van der Waals surface area (Å²) in [6.07, 6.45) is 6.52. The van der Waals surface area contributed by atoms with Crippen molar-refractivity contribution in [2.24, 2.45) is 0 Å². The molecule has 0 saturated carbocycles. The van der Waals surface area contributed by atoms with Crippen LogP contribution in [0.3, 0.4) is 0 Å². The number of nitrogens with zero attached hydrogens (tertiary/aromatic N) is 2. The first-order chi connectivity index (χ1) is 11.8. The SMILES string of the molecule is Cc1c(Cl)cccc1N(CCCC(=O)N1CCCCCC1)S(C)(=O)=O. The van der Waals surface area contributed by atoms with Gasteiger partial charge < -0.3 is 4.90 Å². The van der Waals surface area contributed by atoms with Crippen LogP contribution in [0.2, 0.25) is 5.02 Å². The first-order valence-corrected chi connectivity index (χ1v) is 11.0. The van der Waals surface area contributed by atoms with Gasteiger partial charge in [-0.15, -0.1) is 0 Å². The summed E-state index contributed by atoms with van der Waals surface area (Å²) >= 11 is 6.13. The number of benzene rings is 1. The minimum Gasteiger partial charge on any atom is -0.343 e. The third kappa shape index (κ3) is 5.61. The Morgan fingerprint density at radius 3 is 2.44 bits per heavy atom. The summed E-state index contributed by atoms with van der Waals surface area (Å²) in [4.78, 5) is 14.3. The van der Waals surface area contributed by atoms with Gasteiger partial charge in [-0.25, -0.2) is 8.42 Å². The molecular weight excluding hydrogens is 360 g/mol. The standard InChI is InChI=1S/C18H27ClN2O3S/c1-15-16(19)9-7-10-17(15)21(25(2,23)24)14-8-11-18(22)20-12-5-3-4-6-13-20/h7,9-10H,3-6,8,11-14H2,1-2H3. The van der Waals surface area contributed by atoms with E-state index in [2.05, 4.69) is 0 Å². The number of carbonyl (C=O) groups excluding carboxylic acids is 1. The molecule has 0 N–H and O–H groups in total. The fourth-order valence-corrected chi connectivity index (χ4v) is 4.37. The van der Waals surface area contributed by atoms with Crippen LogP contribution in [0, 0.1) is 6.92 Å². The molecule has 0 bridgehead atoms. The molecule has 2 rings (SSSR count). The summed E-state index contributed by atoms with van der Waals surface area (Å²) in [5.41, 5.74) is 1.31. The Bertz CT molecular complexity index is 698. The van der Waals surface area contributed by atoms with Crippen molar-refractivity contribution in [1.82, 2.24) is 4.90 Å². The van der Waals surface area contributed by atoms with Crippen LogP contribution in [0.4, 0.5) is 5.69 Å². The van der Waals surface area contributed by atoms with E-state index < -0.39 is 10.0 Å². The average Bonchev–Trinajstić information content (AvgIpc) is 2.83. The maximum absolute atomic E-state index is 12.4. The van der Waals surface area contributed by atoms with E-state index in [9.17, 15) is 13.2 Å². The topological polar surface area (TPSA) is 57.7 Å². The van der Waals surface area contributed by atoms with Crippen LogP contribution in [-0.4, -0.2) is 45.1 Å². The fourth-order valence-electron chi connectivity index (χ4n) is 3.18. The van der Waals surface area contributed by atoms with Crippen LogP contribution < -0.4 is 4.31 Å². The smallest absolute Gasteiger partial charge is 0.232 e. The maximum atomic E-state index is 12.4. The highest BCUT2D eigenvalue weighted by atomic mass is 35.5. The second kappa shape index (κ2) is 8.90. The normalized spacial score (nSPS) is 15.7. The van der Waals surface area contributed by atoms with Gasteiger partial charge >= 0.3 is 0 Å². The summed E-state index contributed by atoms with van der Waals surface area (Å²) in [5.74, 6) is 0.123. The van der Waals surface area contributed by atoms with Gasteiger partial charge in [-0.05, 0) is 43.9 Å². The van der Waals surface area contributed by atoms with E-state index >= 15 is 0 Å². The second-order valence-electron chi connectivity index (χ2n) is 6.62. The monoisotopic (exact) mass is 386 g/mol. The van der Waals surface area contributed by atoms with Crippen molar-refractivity contribution in [2.75, 3.05) is 30.2 Å². The molecule has 0 aromatic heterocycles. The lowest BCUT2D eigenvalue weighted by Gasteiger charge is -2.25. The summed E-state index contributed by atoms with van der Waals surface area (Å²) in [7, 11) is -3.44. The zero-order valence-electron chi connectivity index (χ0n) is 15.0. The fraction of sp³-hybridized carbons (Fsp3) is 0.611. The molecule has 0 spiro atoms. The number of amides is 1. The number of sulfonamides is 1. The van der Waals surface area contributed by atoms with E-state index in [1.807, 2.05) is 4.90 Å². The van der Waals surface area contributed by atoms with Crippen LogP contribution in [0.15, 0.2) is 18.2 Å². The molecule has 1 aliphatic rings. The van der Waals surface area contributed by atoms with Crippen molar-refractivity contribution in [3.8, 4) is 0 Å². The van der Waals surface area contributed by atoms with E-state index in [1.54, 1.807) is 25.1 Å². The van der Waals surface area contributed by atoms with E-state index in [4.69, 9.17) is 11.6 Å². The summed E-state index contributed by atoms with van der Waals surface area (Å²) in [6.45, 7) is 3.72. The zero-order chi connectivity index (χ0) is 18.4. The molecule has 140 valence electrons. The minimum atomic E-state index is -3.44. The Hall–Kier alpha value is -1.27. The summed E-state index contributed by atoms with van der Waals surface area (Å²) < 4.78 is 25.8. The van der Waals surface area contributed by atoms with Gasteiger partial charge in [0.25, 0.3) is 0 Å². The Kier molecular flexibility index (Phi) is 7.14. The van der Waals surface area contributed by atoms with Gasteiger partial charge in [0.1, 0.15) is 0 Å². The molecule has 25 heavy (non-hydrogen) atoms. The van der Waals surface area contributed by atoms with Gasteiger partial charge in [0.05, 0.1) is 11.9 Å². The molecule has 5 nitrogen and oxygen atoms in total. The van der Waals surface area contributed by atoms with Crippen molar-refractivity contribution in [2.45, 2.75) is 45.4 Å². The van der Waals surface area contributed by atoms with Gasteiger partial charge in [0.2, 0.25) is 15.9 Å². The lowest BCUT2D eigenvalue weighted by atomic mass is 10.2. The summed E-state index contributed by atoms with van der Waals surface area (Å²) in [5, 5.41) is 0.534. The molecule has 1 fully saturated rings. The van der Waals surface area contributed by atoms with E-state index in [1.165, 1.54) is 23.4 Å². The van der Waals surface area contributed by atoms with Crippen LogP contribution in [0.5, 0.6) is 0 Å². The quantitative estimate of drug-likeness (QED) is 0.750. The van der Waals surface area contributed by atoms with E-state index in [-0.39, 0.29) is 12.5 Å². The molecule has 1 heterocycles. The number of likely N-dealkylation sites (tertiary alicyclic amines) is 1. The molecular formula is C18H27ClN2O3S. The lowest BCUT2D eigenvalue weighted by Crippen LogP contribution is -2.34. The zero-order valence-corrected chi connectivity index (χ0v) is 16.6. The third-order valence-electron chi connectivity index (χ3n) is 4.62.